The summed E-state index contributed by atoms with van der Waals surface area (Å²) in [6.45, 7) is 0. The van der Waals surface area contributed by atoms with E-state index in [1.54, 1.807) is 12.3 Å². The van der Waals surface area contributed by atoms with Crippen LogP contribution in [-0.4, -0.2) is 15.1 Å². The second-order valence-electron chi connectivity index (χ2n) is 4.29. The molecule has 0 bridgehead atoms. The third-order valence-electron chi connectivity index (χ3n) is 2.90. The molecule has 0 fully saturated rings. The summed E-state index contributed by atoms with van der Waals surface area (Å²) < 4.78 is 5.48. The molecule has 0 spiro atoms. The van der Waals surface area contributed by atoms with E-state index < -0.39 is 0 Å². The summed E-state index contributed by atoms with van der Waals surface area (Å²) in [7, 11) is 0. The summed E-state index contributed by atoms with van der Waals surface area (Å²) in [5.41, 5.74) is 2.80. The molecule has 3 aromatic rings. The Labute approximate surface area is 115 Å². The number of furan rings is 1. The van der Waals surface area contributed by atoms with Gasteiger partial charge in [-0.05, 0) is 23.8 Å². The molecule has 0 unspecified atom stereocenters. The standard InChI is InChI=1S/C15H11NO2S/c17-15(19)14-7-11-9-16-12(8-13(11)18-14)6-10-4-2-1-3-5-10/h1-5,7-9H,6H2,(H,17,19). The minimum Gasteiger partial charge on any atom is -0.496 e. The van der Waals surface area contributed by atoms with Gasteiger partial charge in [-0.3, -0.25) is 4.98 Å². The molecule has 19 heavy (non-hydrogen) atoms. The molecule has 1 aromatic carbocycles. The van der Waals surface area contributed by atoms with E-state index in [9.17, 15) is 5.11 Å². The number of nitrogens with zero attached hydrogens (tertiary/aromatic N) is 1. The molecule has 0 saturated carbocycles. The Morgan fingerprint density at radius 2 is 2.00 bits per heavy atom. The van der Waals surface area contributed by atoms with Crippen molar-refractivity contribution < 1.29 is 9.52 Å². The Hall–Kier alpha value is -2.20. The van der Waals surface area contributed by atoms with Gasteiger partial charge in [0.1, 0.15) is 5.58 Å². The predicted octanol–water partition coefficient (Wildman–Crippen LogP) is 3.65. The Morgan fingerprint density at radius 1 is 1.21 bits per heavy atom. The van der Waals surface area contributed by atoms with Crippen molar-refractivity contribution in [3.8, 4) is 0 Å². The fourth-order valence-electron chi connectivity index (χ4n) is 1.98. The highest BCUT2D eigenvalue weighted by molar-refractivity contribution is 7.80. The van der Waals surface area contributed by atoms with Crippen molar-refractivity contribution in [2.45, 2.75) is 6.42 Å². The number of benzene rings is 1. The maximum Gasteiger partial charge on any atom is 0.225 e. The SMILES string of the molecule is OC(=S)c1cc2cnc(Cc3ccccc3)cc2o1. The molecule has 3 rings (SSSR count). The average molecular weight is 269 g/mol. The van der Waals surface area contributed by atoms with Gasteiger partial charge in [0, 0.05) is 29.8 Å². The largest absolute Gasteiger partial charge is 0.496 e. The first-order valence-electron chi connectivity index (χ1n) is 5.88. The summed E-state index contributed by atoms with van der Waals surface area (Å²) in [5.74, 6) is 0.309. The molecule has 1 N–H and O–H groups in total. The lowest BCUT2D eigenvalue weighted by molar-refractivity contribution is 0.524. The molecule has 0 aliphatic carbocycles. The van der Waals surface area contributed by atoms with Crippen molar-refractivity contribution in [1.82, 2.24) is 4.98 Å². The topological polar surface area (TPSA) is 46.3 Å². The first-order chi connectivity index (χ1) is 9.22. The number of thiocarbonyl (C=S) groups is 1. The zero-order valence-corrected chi connectivity index (χ0v) is 10.9. The van der Waals surface area contributed by atoms with E-state index >= 15 is 0 Å². The third kappa shape index (κ3) is 2.48. The molecule has 0 aliphatic rings. The number of pyridine rings is 1. The van der Waals surface area contributed by atoms with Crippen LogP contribution in [0.3, 0.4) is 0 Å². The van der Waals surface area contributed by atoms with Gasteiger partial charge < -0.3 is 9.52 Å². The van der Waals surface area contributed by atoms with Crippen LogP contribution >= 0.6 is 12.2 Å². The number of aliphatic hydroxyl groups is 1. The zero-order valence-electron chi connectivity index (χ0n) is 10.0. The molecular formula is C15H11NO2S. The number of rotatable bonds is 3. The maximum atomic E-state index is 9.25. The normalized spacial score (nSPS) is 10.7. The van der Waals surface area contributed by atoms with E-state index in [-0.39, 0.29) is 5.05 Å². The Kier molecular flexibility index (Phi) is 3.01. The van der Waals surface area contributed by atoms with Gasteiger partial charge in [-0.25, -0.2) is 0 Å². The van der Waals surface area contributed by atoms with Gasteiger partial charge in [-0.15, -0.1) is 0 Å². The van der Waals surface area contributed by atoms with Crippen molar-refractivity contribution in [3.05, 3.63) is 65.7 Å². The van der Waals surface area contributed by atoms with Crippen molar-refractivity contribution in [2.24, 2.45) is 0 Å². The summed E-state index contributed by atoms with van der Waals surface area (Å²) in [4.78, 5) is 4.39. The van der Waals surface area contributed by atoms with Crippen LogP contribution in [0.5, 0.6) is 0 Å². The highest BCUT2D eigenvalue weighted by Gasteiger charge is 2.08. The van der Waals surface area contributed by atoms with Gasteiger partial charge >= 0.3 is 0 Å². The van der Waals surface area contributed by atoms with Crippen LogP contribution in [0, 0.1) is 0 Å². The van der Waals surface area contributed by atoms with Gasteiger partial charge in [0.2, 0.25) is 5.05 Å². The van der Waals surface area contributed by atoms with Gasteiger partial charge in [0.25, 0.3) is 0 Å². The monoisotopic (exact) mass is 269 g/mol. The van der Waals surface area contributed by atoms with E-state index in [1.165, 1.54) is 5.56 Å². The summed E-state index contributed by atoms with van der Waals surface area (Å²) in [6, 6.07) is 13.7. The lowest BCUT2D eigenvalue weighted by Gasteiger charge is -2.00. The number of fused-ring (bicyclic) bond motifs is 1. The lowest BCUT2D eigenvalue weighted by Crippen LogP contribution is -1.90. The fourth-order valence-corrected chi connectivity index (χ4v) is 2.08. The molecule has 3 nitrogen and oxygen atoms in total. The van der Waals surface area contributed by atoms with Crippen LogP contribution < -0.4 is 0 Å². The van der Waals surface area contributed by atoms with E-state index in [0.717, 1.165) is 17.5 Å². The first kappa shape index (κ1) is 11.9. The van der Waals surface area contributed by atoms with Crippen molar-refractivity contribution in [1.29, 1.82) is 0 Å². The highest BCUT2D eigenvalue weighted by Crippen LogP contribution is 2.20. The van der Waals surface area contributed by atoms with Crippen LogP contribution in [0.15, 0.2) is 53.1 Å². The highest BCUT2D eigenvalue weighted by atomic mass is 32.1. The van der Waals surface area contributed by atoms with Crippen LogP contribution in [0.25, 0.3) is 11.0 Å². The second kappa shape index (κ2) is 4.82. The Bertz CT molecular complexity index is 734. The van der Waals surface area contributed by atoms with Crippen molar-refractivity contribution in [3.63, 3.8) is 0 Å². The molecule has 94 valence electrons. The zero-order chi connectivity index (χ0) is 13.2. The first-order valence-corrected chi connectivity index (χ1v) is 6.29. The molecule has 2 aromatic heterocycles. The second-order valence-corrected chi connectivity index (χ2v) is 4.68. The minimum atomic E-state index is -0.235. The molecular weight excluding hydrogens is 258 g/mol. The van der Waals surface area contributed by atoms with E-state index in [0.29, 0.717) is 11.3 Å². The maximum absolute atomic E-state index is 9.25. The Balaban J connectivity index is 1.95. The number of aliphatic hydroxyl groups excluding tert-OH is 1. The number of hydrogen-bond acceptors (Lipinski definition) is 3. The summed E-state index contributed by atoms with van der Waals surface area (Å²) in [5, 5.41) is 9.85. The molecule has 0 aliphatic heterocycles. The van der Waals surface area contributed by atoms with Crippen LogP contribution in [0.2, 0.25) is 0 Å². The van der Waals surface area contributed by atoms with Gasteiger partial charge in [-0.1, -0.05) is 30.3 Å². The summed E-state index contributed by atoms with van der Waals surface area (Å²) in [6.07, 6.45) is 2.48. The molecule has 0 atom stereocenters. The minimum absolute atomic E-state index is 0.235. The predicted molar refractivity (Wildman–Crippen MR) is 77.6 cm³/mol. The van der Waals surface area contributed by atoms with E-state index in [4.69, 9.17) is 4.42 Å². The third-order valence-corrected chi connectivity index (χ3v) is 3.10. The van der Waals surface area contributed by atoms with Crippen LogP contribution in [-0.2, 0) is 6.42 Å². The average Bonchev–Trinajstić information content (AvgIpc) is 2.83. The van der Waals surface area contributed by atoms with Crippen molar-refractivity contribution >= 4 is 28.2 Å². The quantitative estimate of drug-likeness (QED) is 0.737. The smallest absolute Gasteiger partial charge is 0.225 e. The van der Waals surface area contributed by atoms with Crippen LogP contribution in [0.4, 0.5) is 0 Å². The van der Waals surface area contributed by atoms with Crippen molar-refractivity contribution in [2.75, 3.05) is 0 Å². The van der Waals surface area contributed by atoms with E-state index in [1.807, 2.05) is 24.3 Å². The molecule has 2 heterocycles. The lowest BCUT2D eigenvalue weighted by atomic mass is 10.1. The van der Waals surface area contributed by atoms with Crippen LogP contribution in [0.1, 0.15) is 17.0 Å². The molecule has 0 radical (unpaired) electrons. The fraction of sp³-hybridized carbons (Fsp3) is 0.0667. The van der Waals surface area contributed by atoms with E-state index in [2.05, 4.69) is 29.3 Å². The molecule has 0 saturated heterocycles. The van der Waals surface area contributed by atoms with Gasteiger partial charge in [-0.2, -0.15) is 0 Å². The number of hydrogen-bond donors (Lipinski definition) is 1. The molecule has 4 heteroatoms. The van der Waals surface area contributed by atoms with Gasteiger partial charge in [0.15, 0.2) is 5.76 Å². The molecule has 0 amide bonds. The summed E-state index contributed by atoms with van der Waals surface area (Å²) >= 11 is 4.68. The Morgan fingerprint density at radius 3 is 2.74 bits per heavy atom. The van der Waals surface area contributed by atoms with Gasteiger partial charge in [0.05, 0.1) is 0 Å². The number of aromatic nitrogens is 1.